The molecule has 0 saturated carbocycles. The van der Waals surface area contributed by atoms with Crippen LogP contribution in [0.15, 0.2) is 22.7 Å². The molecule has 0 aliphatic rings. The van der Waals surface area contributed by atoms with Crippen LogP contribution in [0.1, 0.15) is 11.4 Å². The van der Waals surface area contributed by atoms with Crippen molar-refractivity contribution in [2.24, 2.45) is 0 Å². The monoisotopic (exact) mass is 316 g/mol. The van der Waals surface area contributed by atoms with E-state index in [1.807, 2.05) is 13.8 Å². The van der Waals surface area contributed by atoms with Crippen LogP contribution in [0.2, 0.25) is 0 Å². The summed E-state index contributed by atoms with van der Waals surface area (Å²) in [4.78, 5) is 7.44. The molecule has 2 aromatic rings. The first kappa shape index (κ1) is 16.1. The fourth-order valence-corrected chi connectivity index (χ4v) is 0.831. The van der Waals surface area contributed by atoms with E-state index in [4.69, 9.17) is 0 Å². The summed E-state index contributed by atoms with van der Waals surface area (Å²) in [6.45, 7) is 3.63. The third-order valence-electron chi connectivity index (χ3n) is 1.31. The van der Waals surface area contributed by atoms with Gasteiger partial charge in [-0.3, -0.25) is 9.97 Å². The van der Waals surface area contributed by atoms with E-state index in [-0.39, 0.29) is 19.5 Å². The largest absolute Gasteiger partial charge is 2.00 e. The number of aryl methyl sites for hydroxylation is 2. The molecule has 2 rings (SSSR count). The summed E-state index contributed by atoms with van der Waals surface area (Å²) >= 11 is 9.17. The Hall–Kier alpha value is -0.917. The number of rotatable bonds is 0. The maximum Gasteiger partial charge on any atom is 2.00 e. The Morgan fingerprint density at radius 2 is 1.12 bits per heavy atom. The molecule has 0 bridgehead atoms. The fourth-order valence-electron chi connectivity index (χ4n) is 0.644. The minimum atomic E-state index is 0. The number of hydrogen-bond donors (Lipinski definition) is 0. The van der Waals surface area contributed by atoms with E-state index >= 15 is 0 Å². The van der Waals surface area contributed by atoms with Crippen LogP contribution in [0.4, 0.5) is 0 Å². The van der Waals surface area contributed by atoms with Crippen molar-refractivity contribution in [3.05, 3.63) is 23.8 Å². The van der Waals surface area contributed by atoms with Crippen LogP contribution in [0.3, 0.4) is 0 Å². The third-order valence-corrected chi connectivity index (χ3v) is 1.68. The minimum Gasteiger partial charge on any atom is -0.738 e. The summed E-state index contributed by atoms with van der Waals surface area (Å²) in [5.41, 5.74) is 1.58. The van der Waals surface area contributed by atoms with Crippen molar-refractivity contribution in [1.29, 1.82) is 0 Å². The first-order valence-electron chi connectivity index (χ1n) is 4.24. The Morgan fingerprint density at radius 3 is 1.29 bits per heavy atom. The van der Waals surface area contributed by atoms with Crippen molar-refractivity contribution in [3.8, 4) is 0 Å². The van der Waals surface area contributed by atoms with Gasteiger partial charge < -0.3 is 25.3 Å². The van der Waals surface area contributed by atoms with Gasteiger partial charge in [-0.25, -0.2) is 0 Å². The molecule has 0 atom stereocenters. The molecule has 0 unspecified atom stereocenters. The second-order valence-electron chi connectivity index (χ2n) is 2.76. The van der Waals surface area contributed by atoms with E-state index in [9.17, 15) is 0 Å². The molecule has 0 N–H and O–H groups in total. The zero-order valence-corrected chi connectivity index (χ0v) is 14.0. The second kappa shape index (κ2) is 8.21. The van der Waals surface area contributed by atoms with Crippen LogP contribution in [-0.2, 0) is 44.7 Å². The van der Waals surface area contributed by atoms with Crippen molar-refractivity contribution in [1.82, 2.24) is 30.4 Å². The standard InChI is InChI=1S/2C4H5N3S.Zn/c2*1-3-2-5-4(8)7-6-3;/h2*2H,1H3,(H,5,7,8);/q;;+2/p-2. The smallest absolute Gasteiger partial charge is 0.738 e. The summed E-state index contributed by atoms with van der Waals surface area (Å²) < 4.78 is 0. The Balaban J connectivity index is 0.000000284. The Kier molecular flexibility index (Phi) is 7.77. The van der Waals surface area contributed by atoms with Gasteiger partial charge in [-0.05, 0) is 13.8 Å². The molecule has 0 spiro atoms. The zero-order chi connectivity index (χ0) is 12.0. The summed E-state index contributed by atoms with van der Waals surface area (Å²) in [5, 5.41) is 15.0. The molecule has 0 amide bonds. The molecule has 9 heteroatoms. The molecule has 0 aliphatic heterocycles. The Bertz CT molecular complexity index is 349. The quantitative estimate of drug-likeness (QED) is 0.503. The first-order chi connectivity index (χ1) is 7.58. The van der Waals surface area contributed by atoms with Gasteiger partial charge in [0.1, 0.15) is 0 Å². The summed E-state index contributed by atoms with van der Waals surface area (Å²) in [6, 6.07) is 0. The van der Waals surface area contributed by atoms with E-state index in [1.165, 1.54) is 0 Å². The van der Waals surface area contributed by atoms with Gasteiger partial charge in [0.05, 0.1) is 11.4 Å². The second-order valence-corrected chi connectivity index (χ2v) is 3.49. The molecule has 2 aromatic heterocycles. The average molecular weight is 318 g/mol. The van der Waals surface area contributed by atoms with Gasteiger partial charge in [0.15, 0.2) is 0 Å². The predicted molar refractivity (Wildman–Crippen MR) is 60.4 cm³/mol. The van der Waals surface area contributed by atoms with Gasteiger partial charge in [0, 0.05) is 22.7 Å². The summed E-state index contributed by atoms with van der Waals surface area (Å²) in [7, 11) is 0. The van der Waals surface area contributed by atoms with Gasteiger partial charge in [0.2, 0.25) is 0 Å². The van der Waals surface area contributed by atoms with Gasteiger partial charge in [-0.15, -0.1) is 0 Å². The van der Waals surface area contributed by atoms with Crippen molar-refractivity contribution in [2.75, 3.05) is 0 Å². The molecule has 0 radical (unpaired) electrons. The van der Waals surface area contributed by atoms with Crippen LogP contribution in [0.25, 0.3) is 0 Å². The van der Waals surface area contributed by atoms with E-state index in [1.54, 1.807) is 12.4 Å². The van der Waals surface area contributed by atoms with Crippen molar-refractivity contribution < 1.29 is 19.5 Å². The van der Waals surface area contributed by atoms with Gasteiger partial charge >= 0.3 is 19.5 Å². The number of aromatic nitrogens is 6. The third kappa shape index (κ3) is 7.09. The average Bonchev–Trinajstić information content (AvgIpc) is 2.28. The minimum absolute atomic E-state index is 0. The van der Waals surface area contributed by atoms with Crippen molar-refractivity contribution in [2.45, 2.75) is 24.2 Å². The van der Waals surface area contributed by atoms with Crippen LogP contribution >= 0.6 is 0 Å². The van der Waals surface area contributed by atoms with Gasteiger partial charge in [-0.2, -0.15) is 20.4 Å². The molecule has 0 fully saturated rings. The van der Waals surface area contributed by atoms with Crippen molar-refractivity contribution in [3.63, 3.8) is 0 Å². The fraction of sp³-hybridized carbons (Fsp3) is 0.250. The van der Waals surface area contributed by atoms with Crippen LogP contribution in [0.5, 0.6) is 0 Å². The molecule has 0 saturated heterocycles. The first-order valence-corrected chi connectivity index (χ1v) is 5.06. The predicted octanol–water partition coefficient (Wildman–Crippen LogP) is 0.169. The van der Waals surface area contributed by atoms with Gasteiger partial charge in [-0.1, -0.05) is 0 Å². The SMILES string of the molecule is Cc1cnc([S-])nn1.Cc1cnc([S-])nn1.[Zn+2]. The molecular formula is C8H8N6S2Zn. The molecule has 6 nitrogen and oxygen atoms in total. The van der Waals surface area contributed by atoms with E-state index < -0.39 is 0 Å². The molecule has 84 valence electrons. The Morgan fingerprint density at radius 1 is 0.765 bits per heavy atom. The molecule has 0 aromatic carbocycles. The maximum absolute atomic E-state index is 4.59. The van der Waals surface area contributed by atoms with E-state index in [0.29, 0.717) is 10.3 Å². The summed E-state index contributed by atoms with van der Waals surface area (Å²) in [5.74, 6) is 0. The van der Waals surface area contributed by atoms with Crippen molar-refractivity contribution >= 4 is 25.3 Å². The zero-order valence-electron chi connectivity index (χ0n) is 9.36. The van der Waals surface area contributed by atoms with Crippen LogP contribution in [0, 0.1) is 13.8 Å². The molecule has 0 aliphatic carbocycles. The summed E-state index contributed by atoms with van der Waals surface area (Å²) in [6.07, 6.45) is 3.19. The van der Waals surface area contributed by atoms with E-state index in [0.717, 1.165) is 11.4 Å². The maximum atomic E-state index is 4.59. The number of nitrogens with zero attached hydrogens (tertiary/aromatic N) is 6. The molecule has 2 heterocycles. The van der Waals surface area contributed by atoms with Gasteiger partial charge in [0.25, 0.3) is 0 Å². The molecule has 17 heavy (non-hydrogen) atoms. The molecular weight excluding hydrogens is 310 g/mol. The van der Waals surface area contributed by atoms with Crippen LogP contribution < -0.4 is 0 Å². The van der Waals surface area contributed by atoms with Crippen LogP contribution in [-0.4, -0.2) is 30.4 Å². The Labute approximate surface area is 123 Å². The normalized spacial score (nSPS) is 8.59. The number of hydrogen-bond acceptors (Lipinski definition) is 8. The van der Waals surface area contributed by atoms with E-state index in [2.05, 4.69) is 55.6 Å². The topological polar surface area (TPSA) is 77.3 Å².